The molecule has 0 aromatic heterocycles. The van der Waals surface area contributed by atoms with Crippen LogP contribution in [-0.2, 0) is 9.47 Å². The first-order valence-electron chi connectivity index (χ1n) is 5.01. The van der Waals surface area contributed by atoms with Crippen LogP contribution in [0.25, 0.3) is 0 Å². The zero-order valence-electron chi connectivity index (χ0n) is 7.71. The molecule has 0 bridgehead atoms. The minimum atomic E-state index is -0.239. The fraction of sp³-hybridized carbons (Fsp3) is 0.636. The summed E-state index contributed by atoms with van der Waals surface area (Å²) in [5, 5.41) is 0. The van der Waals surface area contributed by atoms with Crippen LogP contribution in [0.5, 0.6) is 0 Å². The lowest BCUT2D eigenvalue weighted by Gasteiger charge is -2.21. The zero-order chi connectivity index (χ0) is 8.73. The molecule has 0 aromatic carbocycles. The summed E-state index contributed by atoms with van der Waals surface area (Å²) in [4.78, 5) is 0. The van der Waals surface area contributed by atoms with Crippen molar-refractivity contribution >= 4 is 0 Å². The second kappa shape index (κ2) is 2.69. The molecule has 3 rings (SSSR count). The average molecular weight is 178 g/mol. The van der Waals surface area contributed by atoms with Crippen LogP contribution in [0, 0.1) is 0 Å². The molecule has 1 fully saturated rings. The number of hydrogen-bond acceptors (Lipinski definition) is 2. The molecule has 0 atom stereocenters. The van der Waals surface area contributed by atoms with E-state index >= 15 is 0 Å². The summed E-state index contributed by atoms with van der Waals surface area (Å²) in [7, 11) is 0. The minimum absolute atomic E-state index is 0.239. The first-order valence-corrected chi connectivity index (χ1v) is 5.01. The molecular formula is C11H14O2. The van der Waals surface area contributed by atoms with Gasteiger partial charge in [0.25, 0.3) is 0 Å². The molecule has 1 aliphatic heterocycles. The van der Waals surface area contributed by atoms with Crippen LogP contribution in [0.3, 0.4) is 0 Å². The van der Waals surface area contributed by atoms with Crippen LogP contribution < -0.4 is 0 Å². The van der Waals surface area contributed by atoms with E-state index in [1.165, 1.54) is 0 Å². The van der Waals surface area contributed by atoms with Crippen LogP contribution in [0.1, 0.15) is 25.7 Å². The van der Waals surface area contributed by atoms with Crippen LogP contribution >= 0.6 is 0 Å². The van der Waals surface area contributed by atoms with E-state index in [0.29, 0.717) is 0 Å². The van der Waals surface area contributed by atoms with Gasteiger partial charge < -0.3 is 9.47 Å². The minimum Gasteiger partial charge on any atom is -0.347 e. The van der Waals surface area contributed by atoms with E-state index in [1.54, 1.807) is 11.1 Å². The Kier molecular flexibility index (Phi) is 1.61. The second-order valence-electron chi connectivity index (χ2n) is 4.05. The van der Waals surface area contributed by atoms with Crippen molar-refractivity contribution in [2.75, 3.05) is 13.2 Å². The third-order valence-electron chi connectivity index (χ3n) is 3.17. The normalized spacial score (nSPS) is 30.2. The summed E-state index contributed by atoms with van der Waals surface area (Å²) >= 11 is 0. The molecule has 1 saturated heterocycles. The van der Waals surface area contributed by atoms with Crippen LogP contribution in [0.4, 0.5) is 0 Å². The zero-order valence-corrected chi connectivity index (χ0v) is 7.71. The number of ether oxygens (including phenoxy) is 2. The van der Waals surface area contributed by atoms with Gasteiger partial charge in [0.2, 0.25) is 0 Å². The molecule has 0 radical (unpaired) electrons. The van der Waals surface area contributed by atoms with Crippen molar-refractivity contribution in [3.05, 3.63) is 23.3 Å². The molecule has 3 aliphatic rings. The van der Waals surface area contributed by atoms with Gasteiger partial charge in [0.15, 0.2) is 5.79 Å². The molecule has 2 nitrogen and oxygen atoms in total. The quantitative estimate of drug-likeness (QED) is 0.529. The molecule has 1 spiro atoms. The van der Waals surface area contributed by atoms with Crippen molar-refractivity contribution < 1.29 is 9.47 Å². The number of allylic oxidation sites excluding steroid dienone is 2. The molecule has 0 saturated carbocycles. The Morgan fingerprint density at radius 1 is 0.923 bits per heavy atom. The van der Waals surface area contributed by atoms with E-state index in [4.69, 9.17) is 9.47 Å². The summed E-state index contributed by atoms with van der Waals surface area (Å²) in [6.07, 6.45) is 8.76. The highest BCUT2D eigenvalue weighted by atomic mass is 16.7. The Morgan fingerprint density at radius 3 is 2.00 bits per heavy atom. The highest BCUT2D eigenvalue weighted by Crippen LogP contribution is 2.44. The van der Waals surface area contributed by atoms with Gasteiger partial charge in [0.1, 0.15) is 0 Å². The standard InChI is InChI=1S/C11H14O2/c1-2-4-10-8-11(7-9(10)3-1)12-5-6-13-11/h1-2H,3-8H2. The van der Waals surface area contributed by atoms with Crippen LogP contribution in [-0.4, -0.2) is 19.0 Å². The third-order valence-corrected chi connectivity index (χ3v) is 3.17. The maximum absolute atomic E-state index is 5.70. The van der Waals surface area contributed by atoms with Gasteiger partial charge in [-0.05, 0) is 12.8 Å². The van der Waals surface area contributed by atoms with Crippen molar-refractivity contribution in [3.63, 3.8) is 0 Å². The summed E-state index contributed by atoms with van der Waals surface area (Å²) < 4.78 is 11.4. The van der Waals surface area contributed by atoms with Gasteiger partial charge in [-0.25, -0.2) is 0 Å². The average Bonchev–Trinajstić information content (AvgIpc) is 2.72. The Labute approximate surface area is 78.2 Å². The van der Waals surface area contributed by atoms with Gasteiger partial charge in [0.05, 0.1) is 13.2 Å². The molecule has 2 aliphatic carbocycles. The Hall–Kier alpha value is -0.600. The molecule has 0 unspecified atom stereocenters. The first kappa shape index (κ1) is 7.77. The second-order valence-corrected chi connectivity index (χ2v) is 4.05. The summed E-state index contributed by atoms with van der Waals surface area (Å²) in [5.74, 6) is -0.239. The van der Waals surface area contributed by atoms with Gasteiger partial charge in [-0.2, -0.15) is 0 Å². The Bertz CT molecular complexity index is 260. The lowest BCUT2D eigenvalue weighted by Crippen LogP contribution is -2.26. The molecular weight excluding hydrogens is 164 g/mol. The van der Waals surface area contributed by atoms with E-state index in [9.17, 15) is 0 Å². The largest absolute Gasteiger partial charge is 0.347 e. The predicted octanol–water partition coefficient (Wildman–Crippen LogP) is 2.17. The molecule has 1 heterocycles. The third kappa shape index (κ3) is 1.17. The molecule has 0 N–H and O–H groups in total. The van der Waals surface area contributed by atoms with E-state index in [1.807, 2.05) is 0 Å². The summed E-state index contributed by atoms with van der Waals surface area (Å²) in [5.41, 5.74) is 3.12. The van der Waals surface area contributed by atoms with Crippen molar-refractivity contribution in [1.82, 2.24) is 0 Å². The fourth-order valence-corrected chi connectivity index (χ4v) is 2.55. The van der Waals surface area contributed by atoms with Gasteiger partial charge in [-0.3, -0.25) is 0 Å². The molecule has 0 amide bonds. The van der Waals surface area contributed by atoms with Gasteiger partial charge in [-0.1, -0.05) is 23.3 Å². The van der Waals surface area contributed by atoms with E-state index in [-0.39, 0.29) is 5.79 Å². The fourth-order valence-electron chi connectivity index (χ4n) is 2.55. The number of hydrogen-bond donors (Lipinski definition) is 0. The van der Waals surface area contributed by atoms with Gasteiger partial charge in [-0.15, -0.1) is 0 Å². The number of rotatable bonds is 0. The molecule has 2 heteroatoms. The maximum atomic E-state index is 5.70. The smallest absolute Gasteiger partial charge is 0.175 e. The van der Waals surface area contributed by atoms with Gasteiger partial charge in [0, 0.05) is 12.8 Å². The molecule has 70 valence electrons. The molecule has 0 aromatic rings. The van der Waals surface area contributed by atoms with E-state index in [2.05, 4.69) is 12.2 Å². The summed E-state index contributed by atoms with van der Waals surface area (Å²) in [6, 6.07) is 0. The van der Waals surface area contributed by atoms with Crippen molar-refractivity contribution in [2.24, 2.45) is 0 Å². The summed E-state index contributed by atoms with van der Waals surface area (Å²) in [6.45, 7) is 1.54. The SMILES string of the molecule is C1=CCC2=C(C1)CC1(C2)OCCO1. The highest BCUT2D eigenvalue weighted by molar-refractivity contribution is 5.31. The van der Waals surface area contributed by atoms with E-state index in [0.717, 1.165) is 38.9 Å². The van der Waals surface area contributed by atoms with Crippen molar-refractivity contribution in [1.29, 1.82) is 0 Å². The monoisotopic (exact) mass is 178 g/mol. The highest BCUT2D eigenvalue weighted by Gasteiger charge is 2.43. The van der Waals surface area contributed by atoms with Crippen molar-refractivity contribution in [2.45, 2.75) is 31.5 Å². The topological polar surface area (TPSA) is 18.5 Å². The lowest BCUT2D eigenvalue weighted by molar-refractivity contribution is -0.147. The maximum Gasteiger partial charge on any atom is 0.175 e. The molecule has 13 heavy (non-hydrogen) atoms. The Morgan fingerprint density at radius 2 is 1.46 bits per heavy atom. The van der Waals surface area contributed by atoms with Crippen LogP contribution in [0.2, 0.25) is 0 Å². The van der Waals surface area contributed by atoms with Crippen LogP contribution in [0.15, 0.2) is 23.3 Å². The van der Waals surface area contributed by atoms with E-state index < -0.39 is 0 Å². The van der Waals surface area contributed by atoms with Gasteiger partial charge >= 0.3 is 0 Å². The lowest BCUT2D eigenvalue weighted by atomic mass is 10.0. The van der Waals surface area contributed by atoms with Crippen molar-refractivity contribution in [3.8, 4) is 0 Å². The Balaban J connectivity index is 1.81. The first-order chi connectivity index (χ1) is 6.38. The predicted molar refractivity (Wildman–Crippen MR) is 49.3 cm³/mol.